The molecule has 2 amide bonds. The summed E-state index contributed by atoms with van der Waals surface area (Å²) in [5, 5.41) is 0.561. The van der Waals surface area contributed by atoms with Crippen molar-refractivity contribution in [2.75, 3.05) is 6.54 Å². The van der Waals surface area contributed by atoms with Crippen LogP contribution in [0.4, 0.5) is 0 Å². The smallest absolute Gasteiger partial charge is 0.343 e. The van der Waals surface area contributed by atoms with Crippen LogP contribution in [-0.2, 0) is 0 Å². The number of hydrogen-bond acceptors (Lipinski definition) is 7. The van der Waals surface area contributed by atoms with E-state index in [2.05, 4.69) is 0 Å². The molecule has 0 bridgehead atoms. The van der Waals surface area contributed by atoms with Gasteiger partial charge in [-0.05, 0) is 48.4 Å². The normalized spacial score (nSPS) is 12.8. The fourth-order valence-corrected chi connectivity index (χ4v) is 4.16. The fourth-order valence-electron chi connectivity index (χ4n) is 3.99. The van der Waals surface area contributed by atoms with Crippen LogP contribution in [0.25, 0.3) is 11.0 Å². The lowest BCUT2D eigenvalue weighted by molar-refractivity contribution is 0.0635. The van der Waals surface area contributed by atoms with Crippen LogP contribution in [0.2, 0.25) is 5.02 Å². The lowest BCUT2D eigenvalue weighted by Gasteiger charge is -2.15. The Bertz CT molecular complexity index is 1640. The minimum atomic E-state index is -0.731. The van der Waals surface area contributed by atoms with Crippen molar-refractivity contribution in [1.82, 2.24) is 4.90 Å². The second kappa shape index (κ2) is 9.55. The number of rotatable bonds is 6. The highest BCUT2D eigenvalue weighted by atomic mass is 35.5. The summed E-state index contributed by atoms with van der Waals surface area (Å²) in [6.45, 7) is 4.11. The predicted octanol–water partition coefficient (Wildman–Crippen LogP) is 5.71. The van der Waals surface area contributed by atoms with Crippen LogP contribution in [0.1, 0.15) is 44.9 Å². The summed E-state index contributed by atoms with van der Waals surface area (Å²) in [4.78, 5) is 52.1. The third-order valence-corrected chi connectivity index (χ3v) is 6.05. The number of para-hydroxylation sites is 1. The van der Waals surface area contributed by atoms with E-state index in [9.17, 15) is 19.2 Å². The summed E-state index contributed by atoms with van der Waals surface area (Å²) < 4.78 is 16.6. The summed E-state index contributed by atoms with van der Waals surface area (Å²) in [5.41, 5.74) is 0.282. The van der Waals surface area contributed by atoms with E-state index in [0.717, 1.165) is 6.26 Å². The Hall–Kier alpha value is -4.43. The molecule has 8 nitrogen and oxygen atoms in total. The first-order valence-electron chi connectivity index (χ1n) is 11.4. The largest absolute Gasteiger partial charge is 0.460 e. The van der Waals surface area contributed by atoms with Crippen molar-refractivity contribution >= 4 is 40.4 Å². The zero-order chi connectivity index (χ0) is 26.3. The van der Waals surface area contributed by atoms with Gasteiger partial charge in [0.2, 0.25) is 11.2 Å². The molecule has 186 valence electrons. The maximum atomic E-state index is 12.9. The van der Waals surface area contributed by atoms with E-state index in [-0.39, 0.29) is 51.0 Å². The van der Waals surface area contributed by atoms with Gasteiger partial charge < -0.3 is 13.9 Å². The third-order valence-electron chi connectivity index (χ3n) is 5.74. The number of amides is 2. The summed E-state index contributed by atoms with van der Waals surface area (Å²) in [6.07, 6.45) is 1.16. The van der Waals surface area contributed by atoms with E-state index in [1.807, 2.05) is 13.8 Å². The van der Waals surface area contributed by atoms with Crippen LogP contribution in [0, 0.1) is 5.92 Å². The molecule has 5 rings (SSSR count). The van der Waals surface area contributed by atoms with Crippen LogP contribution in [0.3, 0.4) is 0 Å². The molecule has 0 N–H and O–H groups in total. The number of halogens is 1. The first kappa shape index (κ1) is 24.3. The van der Waals surface area contributed by atoms with Crippen molar-refractivity contribution in [2.24, 2.45) is 5.92 Å². The molecule has 0 aliphatic carbocycles. The van der Waals surface area contributed by atoms with Crippen molar-refractivity contribution < 1.29 is 28.3 Å². The van der Waals surface area contributed by atoms with Crippen molar-refractivity contribution in [3.05, 3.63) is 98.9 Å². The molecule has 2 heterocycles. The summed E-state index contributed by atoms with van der Waals surface area (Å²) in [5.74, 6) is -1.05. The first-order valence-corrected chi connectivity index (χ1v) is 11.8. The zero-order valence-corrected chi connectivity index (χ0v) is 20.6. The van der Waals surface area contributed by atoms with Crippen LogP contribution < -0.4 is 14.9 Å². The minimum absolute atomic E-state index is 0.0470. The summed E-state index contributed by atoms with van der Waals surface area (Å²) in [7, 11) is 0. The van der Waals surface area contributed by atoms with Crippen molar-refractivity contribution in [3.8, 4) is 17.2 Å². The Morgan fingerprint density at radius 2 is 1.70 bits per heavy atom. The van der Waals surface area contributed by atoms with Gasteiger partial charge in [-0.25, -0.2) is 4.79 Å². The molecule has 1 aliphatic heterocycles. The van der Waals surface area contributed by atoms with Crippen LogP contribution >= 0.6 is 11.6 Å². The molecule has 0 fully saturated rings. The Labute approximate surface area is 216 Å². The molecule has 1 aliphatic rings. The SMILES string of the molecule is CC(C)CN1C(=O)c2ccc(C(=O)Oc3ccc4c(=O)c(Oc5ccccc5Cl)coc4c3)cc2C1=O. The molecule has 0 saturated carbocycles. The van der Waals surface area contributed by atoms with Gasteiger partial charge in [0.1, 0.15) is 23.3 Å². The lowest BCUT2D eigenvalue weighted by Crippen LogP contribution is -2.33. The standard InChI is InChI=1S/C28H20ClNO7/c1-15(2)13-30-26(32)18-9-7-16(11-20(18)27(30)33)28(34)36-17-8-10-19-23(12-17)35-14-24(25(19)31)37-22-6-4-3-5-21(22)29/h3-12,14-15H,13H2,1-2H3. The van der Waals surface area contributed by atoms with Gasteiger partial charge in [0.15, 0.2) is 0 Å². The average Bonchev–Trinajstić information content (AvgIpc) is 3.11. The number of carbonyl (C=O) groups excluding carboxylic acids is 3. The highest BCUT2D eigenvalue weighted by Crippen LogP contribution is 2.30. The number of benzene rings is 3. The number of hydrogen-bond donors (Lipinski definition) is 0. The maximum Gasteiger partial charge on any atom is 0.343 e. The average molecular weight is 518 g/mol. The predicted molar refractivity (Wildman–Crippen MR) is 136 cm³/mol. The molecule has 37 heavy (non-hydrogen) atoms. The van der Waals surface area contributed by atoms with Crippen molar-refractivity contribution in [2.45, 2.75) is 13.8 Å². The quantitative estimate of drug-likeness (QED) is 0.183. The van der Waals surface area contributed by atoms with Gasteiger partial charge in [-0.1, -0.05) is 37.6 Å². The maximum absolute atomic E-state index is 12.9. The molecule has 9 heteroatoms. The van der Waals surface area contributed by atoms with Gasteiger partial charge >= 0.3 is 5.97 Å². The summed E-state index contributed by atoms with van der Waals surface area (Å²) in [6, 6.07) is 15.3. The van der Waals surface area contributed by atoms with Crippen LogP contribution in [0.5, 0.6) is 17.2 Å². The highest BCUT2D eigenvalue weighted by molar-refractivity contribution is 6.32. The van der Waals surface area contributed by atoms with Gasteiger partial charge in [-0.2, -0.15) is 0 Å². The fraction of sp³-hybridized carbons (Fsp3) is 0.143. The second-order valence-corrected chi connectivity index (χ2v) is 9.29. The monoisotopic (exact) mass is 517 g/mol. The molecule has 0 atom stereocenters. The first-order chi connectivity index (χ1) is 17.7. The highest BCUT2D eigenvalue weighted by Gasteiger charge is 2.36. The lowest BCUT2D eigenvalue weighted by atomic mass is 10.1. The Morgan fingerprint density at radius 3 is 2.46 bits per heavy atom. The van der Waals surface area contributed by atoms with E-state index < -0.39 is 17.3 Å². The number of carbonyl (C=O) groups is 3. The van der Waals surface area contributed by atoms with Gasteiger partial charge in [0.05, 0.1) is 27.1 Å². The molecular formula is C28H20ClNO7. The number of imide groups is 1. The van der Waals surface area contributed by atoms with Gasteiger partial charge in [0, 0.05) is 12.6 Å². The van der Waals surface area contributed by atoms with Gasteiger partial charge in [-0.15, -0.1) is 0 Å². The molecule has 0 radical (unpaired) electrons. The zero-order valence-electron chi connectivity index (χ0n) is 19.8. The number of nitrogens with zero attached hydrogens (tertiary/aromatic N) is 1. The molecular weight excluding hydrogens is 498 g/mol. The number of fused-ring (bicyclic) bond motifs is 2. The van der Waals surface area contributed by atoms with E-state index in [1.165, 1.54) is 41.3 Å². The van der Waals surface area contributed by atoms with Crippen LogP contribution in [-0.4, -0.2) is 29.2 Å². The summed E-state index contributed by atoms with van der Waals surface area (Å²) >= 11 is 6.09. The van der Waals surface area contributed by atoms with Crippen molar-refractivity contribution in [3.63, 3.8) is 0 Å². The Morgan fingerprint density at radius 1 is 0.946 bits per heavy atom. The Balaban J connectivity index is 1.37. The molecule has 1 aromatic heterocycles. The number of esters is 1. The molecule has 4 aromatic rings. The topological polar surface area (TPSA) is 103 Å². The molecule has 3 aromatic carbocycles. The van der Waals surface area contributed by atoms with Gasteiger partial charge in [-0.3, -0.25) is 19.3 Å². The molecule has 0 saturated heterocycles. The third kappa shape index (κ3) is 4.59. The minimum Gasteiger partial charge on any atom is -0.460 e. The van der Waals surface area contributed by atoms with Crippen LogP contribution in [0.15, 0.2) is 76.1 Å². The van der Waals surface area contributed by atoms with Gasteiger partial charge in [0.25, 0.3) is 11.8 Å². The number of ether oxygens (including phenoxy) is 2. The van der Waals surface area contributed by atoms with E-state index in [1.54, 1.807) is 24.3 Å². The Kier molecular flexibility index (Phi) is 6.27. The van der Waals surface area contributed by atoms with E-state index in [0.29, 0.717) is 17.3 Å². The molecule has 0 spiro atoms. The van der Waals surface area contributed by atoms with E-state index in [4.69, 9.17) is 25.5 Å². The molecule has 0 unspecified atom stereocenters. The van der Waals surface area contributed by atoms with E-state index >= 15 is 0 Å². The second-order valence-electron chi connectivity index (χ2n) is 8.88. The van der Waals surface area contributed by atoms with Crippen molar-refractivity contribution in [1.29, 1.82) is 0 Å².